The molecule has 2 aromatic carbocycles. The molecule has 6 nitrogen and oxygen atoms in total. The van der Waals surface area contributed by atoms with Crippen LogP contribution in [-0.4, -0.2) is 46.4 Å². The summed E-state index contributed by atoms with van der Waals surface area (Å²) in [6.45, 7) is 0.927. The van der Waals surface area contributed by atoms with E-state index in [1.807, 2.05) is 34.9 Å². The minimum Gasteiger partial charge on any atom is -0.354 e. The molecule has 1 aliphatic heterocycles. The topological polar surface area (TPSA) is 67.2 Å². The molecule has 0 unspecified atom stereocenters. The molecule has 0 aliphatic carbocycles. The Labute approximate surface area is 172 Å². The Hall–Kier alpha value is -3.55. The maximum atomic E-state index is 14.1. The molecule has 0 saturated carbocycles. The predicted molar refractivity (Wildman–Crippen MR) is 107 cm³/mol. The van der Waals surface area contributed by atoms with Gasteiger partial charge in [-0.15, -0.1) is 0 Å². The van der Waals surface area contributed by atoms with Gasteiger partial charge in [-0.1, -0.05) is 30.3 Å². The number of carbonyl (C=O) groups excluding carboxylic acids is 2. The largest absolute Gasteiger partial charge is 0.354 e. The van der Waals surface area contributed by atoms with E-state index in [9.17, 15) is 18.4 Å². The molecule has 2 heterocycles. The molecule has 30 heavy (non-hydrogen) atoms. The number of halogens is 2. The Kier molecular flexibility index (Phi) is 5.31. The van der Waals surface area contributed by atoms with Crippen molar-refractivity contribution in [2.75, 3.05) is 20.1 Å². The van der Waals surface area contributed by atoms with Gasteiger partial charge >= 0.3 is 0 Å². The highest BCUT2D eigenvalue weighted by atomic mass is 19.1. The van der Waals surface area contributed by atoms with E-state index in [1.54, 1.807) is 0 Å². The quantitative estimate of drug-likeness (QED) is 0.722. The van der Waals surface area contributed by atoms with Crippen molar-refractivity contribution in [3.63, 3.8) is 0 Å². The fourth-order valence-electron chi connectivity index (χ4n) is 3.70. The van der Waals surface area contributed by atoms with Crippen molar-refractivity contribution in [3.05, 3.63) is 77.1 Å². The zero-order valence-electron chi connectivity index (χ0n) is 16.4. The molecule has 0 atom stereocenters. The van der Waals surface area contributed by atoms with Crippen LogP contribution in [0.1, 0.15) is 26.5 Å². The first-order valence-electron chi connectivity index (χ1n) is 9.61. The van der Waals surface area contributed by atoms with Crippen LogP contribution in [0.15, 0.2) is 48.5 Å². The molecule has 1 N–H and O–H groups in total. The maximum Gasteiger partial charge on any atom is 0.271 e. The molecule has 0 radical (unpaired) electrons. The van der Waals surface area contributed by atoms with Gasteiger partial charge in [0.2, 0.25) is 0 Å². The third kappa shape index (κ3) is 3.56. The summed E-state index contributed by atoms with van der Waals surface area (Å²) in [5.74, 6) is -1.68. The highest BCUT2D eigenvalue weighted by Gasteiger charge is 2.28. The Morgan fingerprint density at radius 1 is 1.03 bits per heavy atom. The van der Waals surface area contributed by atoms with E-state index in [2.05, 4.69) is 10.3 Å². The van der Waals surface area contributed by atoms with Crippen molar-refractivity contribution < 1.29 is 18.4 Å². The number of hydrogen-bond acceptors (Lipinski definition) is 3. The van der Waals surface area contributed by atoms with Gasteiger partial charge in [-0.2, -0.15) is 0 Å². The maximum absolute atomic E-state index is 14.1. The van der Waals surface area contributed by atoms with E-state index in [1.165, 1.54) is 11.9 Å². The highest BCUT2D eigenvalue weighted by Crippen LogP contribution is 2.26. The van der Waals surface area contributed by atoms with Gasteiger partial charge in [-0.05, 0) is 18.2 Å². The van der Waals surface area contributed by atoms with Crippen LogP contribution in [0, 0.1) is 11.6 Å². The normalized spacial score (nSPS) is 13.5. The number of nitrogens with zero attached hydrogens (tertiary/aromatic N) is 3. The number of hydrogen-bond donors (Lipinski definition) is 1. The fourth-order valence-corrected chi connectivity index (χ4v) is 3.70. The lowest BCUT2D eigenvalue weighted by Gasteiger charge is -2.20. The summed E-state index contributed by atoms with van der Waals surface area (Å²) in [5.41, 5.74) is 1.57. The number of imidazole rings is 1. The van der Waals surface area contributed by atoms with Gasteiger partial charge in [0.05, 0.1) is 11.3 Å². The van der Waals surface area contributed by atoms with Crippen molar-refractivity contribution in [1.82, 2.24) is 19.8 Å². The first-order chi connectivity index (χ1) is 14.5. The zero-order chi connectivity index (χ0) is 21.3. The van der Waals surface area contributed by atoms with E-state index in [0.29, 0.717) is 30.2 Å². The van der Waals surface area contributed by atoms with Gasteiger partial charge in [0, 0.05) is 38.7 Å². The standard InChI is InChI=1S/C22H20F2N4O2/c1-25-21(29)19-18-9-10-27(22(30)16-13-15(23)7-8-17(16)24)11-12-28(18)20(26-19)14-5-3-2-4-6-14/h2-8,13H,9-12H2,1H3,(H,25,29). The molecule has 8 heteroatoms. The molecule has 0 fully saturated rings. The second-order valence-electron chi connectivity index (χ2n) is 6.99. The molecule has 2 amide bonds. The lowest BCUT2D eigenvalue weighted by Crippen LogP contribution is -2.34. The van der Waals surface area contributed by atoms with E-state index < -0.39 is 17.5 Å². The van der Waals surface area contributed by atoms with Crippen LogP contribution in [0.2, 0.25) is 0 Å². The van der Waals surface area contributed by atoms with Crippen molar-refractivity contribution in [1.29, 1.82) is 0 Å². The Balaban J connectivity index is 1.69. The Morgan fingerprint density at radius 2 is 1.80 bits per heavy atom. The summed E-state index contributed by atoms with van der Waals surface area (Å²) < 4.78 is 29.6. The number of aromatic nitrogens is 2. The second-order valence-corrected chi connectivity index (χ2v) is 6.99. The Morgan fingerprint density at radius 3 is 2.53 bits per heavy atom. The highest BCUT2D eigenvalue weighted by molar-refractivity contribution is 5.95. The average Bonchev–Trinajstić information content (AvgIpc) is 2.99. The SMILES string of the molecule is CNC(=O)c1nc(-c2ccccc2)n2c1CCN(C(=O)c1cc(F)ccc1F)CC2. The van der Waals surface area contributed by atoms with Crippen LogP contribution in [0.3, 0.4) is 0 Å². The zero-order valence-corrected chi connectivity index (χ0v) is 16.4. The predicted octanol–water partition coefficient (Wildman–Crippen LogP) is 2.89. The molecular formula is C22H20F2N4O2. The minimum absolute atomic E-state index is 0.263. The average molecular weight is 410 g/mol. The third-order valence-electron chi connectivity index (χ3n) is 5.20. The molecule has 3 aromatic rings. The molecule has 154 valence electrons. The number of carbonyl (C=O) groups is 2. The summed E-state index contributed by atoms with van der Waals surface area (Å²) in [6, 6.07) is 12.3. The first kappa shape index (κ1) is 19.8. The molecule has 0 spiro atoms. The number of fused-ring (bicyclic) bond motifs is 1. The van der Waals surface area contributed by atoms with Gasteiger partial charge in [-0.25, -0.2) is 13.8 Å². The smallest absolute Gasteiger partial charge is 0.271 e. The van der Waals surface area contributed by atoms with Crippen molar-refractivity contribution >= 4 is 11.8 Å². The van der Waals surface area contributed by atoms with Crippen molar-refractivity contribution in [2.45, 2.75) is 13.0 Å². The molecule has 0 saturated heterocycles. The molecule has 0 bridgehead atoms. The van der Waals surface area contributed by atoms with Crippen LogP contribution in [-0.2, 0) is 13.0 Å². The monoisotopic (exact) mass is 410 g/mol. The second kappa shape index (κ2) is 8.06. The number of benzene rings is 2. The fraction of sp³-hybridized carbons (Fsp3) is 0.227. The Bertz CT molecular complexity index is 1110. The summed E-state index contributed by atoms with van der Waals surface area (Å²) >= 11 is 0. The van der Waals surface area contributed by atoms with Gasteiger partial charge in [0.25, 0.3) is 11.8 Å². The third-order valence-corrected chi connectivity index (χ3v) is 5.20. The first-order valence-corrected chi connectivity index (χ1v) is 9.61. The van der Waals surface area contributed by atoms with E-state index >= 15 is 0 Å². The number of amides is 2. The molecule has 4 rings (SSSR count). The number of rotatable bonds is 3. The minimum atomic E-state index is -0.761. The van der Waals surface area contributed by atoms with Gasteiger partial charge in [0.1, 0.15) is 23.2 Å². The van der Waals surface area contributed by atoms with Crippen LogP contribution in [0.25, 0.3) is 11.4 Å². The summed E-state index contributed by atoms with van der Waals surface area (Å²) in [5, 5.41) is 2.60. The van der Waals surface area contributed by atoms with Gasteiger partial charge in [-0.3, -0.25) is 9.59 Å². The molecule has 1 aromatic heterocycles. The number of nitrogens with one attached hydrogen (secondary N) is 1. The van der Waals surface area contributed by atoms with E-state index in [-0.39, 0.29) is 24.6 Å². The molecule has 1 aliphatic rings. The van der Waals surface area contributed by atoms with Gasteiger partial charge < -0.3 is 14.8 Å². The van der Waals surface area contributed by atoms with Crippen molar-refractivity contribution in [3.8, 4) is 11.4 Å². The van der Waals surface area contributed by atoms with E-state index in [4.69, 9.17) is 0 Å². The van der Waals surface area contributed by atoms with E-state index in [0.717, 1.165) is 23.8 Å². The van der Waals surface area contributed by atoms with Gasteiger partial charge in [0.15, 0.2) is 0 Å². The van der Waals surface area contributed by atoms with Crippen LogP contribution >= 0.6 is 0 Å². The molecular weight excluding hydrogens is 390 g/mol. The van der Waals surface area contributed by atoms with Crippen LogP contribution < -0.4 is 5.32 Å². The summed E-state index contributed by atoms with van der Waals surface area (Å²) in [7, 11) is 1.54. The summed E-state index contributed by atoms with van der Waals surface area (Å²) in [4.78, 5) is 31.3. The lowest BCUT2D eigenvalue weighted by molar-refractivity contribution is 0.0754. The van der Waals surface area contributed by atoms with Crippen molar-refractivity contribution in [2.24, 2.45) is 0 Å². The van der Waals surface area contributed by atoms with Crippen LogP contribution in [0.4, 0.5) is 8.78 Å². The summed E-state index contributed by atoms with van der Waals surface area (Å²) in [6.07, 6.45) is 0.366. The lowest BCUT2D eigenvalue weighted by atomic mass is 10.1. The van der Waals surface area contributed by atoms with Crippen LogP contribution in [0.5, 0.6) is 0 Å².